The molecule has 1 aromatic carbocycles. The third kappa shape index (κ3) is 3.67. The molecule has 7 nitrogen and oxygen atoms in total. The van der Waals surface area contributed by atoms with Gasteiger partial charge in [-0.1, -0.05) is 13.0 Å². The zero-order valence-corrected chi connectivity index (χ0v) is 18.2. The highest BCUT2D eigenvalue weighted by Gasteiger charge is 2.30. The number of carboxylic acid groups (broad SMARTS) is 1. The summed E-state index contributed by atoms with van der Waals surface area (Å²) in [5.41, 5.74) is 4.19. The van der Waals surface area contributed by atoms with E-state index in [1.54, 1.807) is 0 Å². The smallest absolute Gasteiger partial charge is 0.341 e. The molecular formula is C23H26ClN3O4. The SMILES string of the molecule is CCc1cc(C(=O)O)c(=O)[nH]c1-c1ccc2c(c1)cc1n2CCC1N1CCOCC1.Cl. The molecule has 2 aliphatic heterocycles. The predicted molar refractivity (Wildman–Crippen MR) is 121 cm³/mol. The highest BCUT2D eigenvalue weighted by Crippen LogP contribution is 2.38. The summed E-state index contributed by atoms with van der Waals surface area (Å²) in [7, 11) is 0. The molecule has 0 aliphatic carbocycles. The van der Waals surface area contributed by atoms with E-state index in [0.29, 0.717) is 18.2 Å². The van der Waals surface area contributed by atoms with Gasteiger partial charge in [0.1, 0.15) is 5.56 Å². The number of carboxylic acids is 1. The van der Waals surface area contributed by atoms with Gasteiger partial charge in [0.2, 0.25) is 0 Å². The second-order valence-corrected chi connectivity index (χ2v) is 8.02. The van der Waals surface area contributed by atoms with Crippen LogP contribution in [-0.4, -0.2) is 51.8 Å². The normalized spacial score (nSPS) is 18.7. The van der Waals surface area contributed by atoms with E-state index < -0.39 is 11.5 Å². The first-order valence-corrected chi connectivity index (χ1v) is 10.5. The van der Waals surface area contributed by atoms with Crippen molar-refractivity contribution in [3.05, 3.63) is 57.5 Å². The quantitative estimate of drug-likeness (QED) is 0.644. The van der Waals surface area contributed by atoms with Crippen LogP contribution in [0.4, 0.5) is 0 Å². The zero-order valence-electron chi connectivity index (χ0n) is 17.4. The van der Waals surface area contributed by atoms with Crippen LogP contribution in [0.2, 0.25) is 0 Å². The lowest BCUT2D eigenvalue weighted by Crippen LogP contribution is -2.38. The number of nitrogens with zero attached hydrogens (tertiary/aromatic N) is 2. The van der Waals surface area contributed by atoms with Gasteiger partial charge >= 0.3 is 5.97 Å². The van der Waals surface area contributed by atoms with E-state index in [-0.39, 0.29) is 18.0 Å². The molecule has 31 heavy (non-hydrogen) atoms. The van der Waals surface area contributed by atoms with Gasteiger partial charge in [-0.25, -0.2) is 4.79 Å². The lowest BCUT2D eigenvalue weighted by molar-refractivity contribution is 0.0164. The number of hydrogen-bond acceptors (Lipinski definition) is 4. The molecule has 2 aliphatic rings. The Balaban J connectivity index is 0.00000231. The van der Waals surface area contributed by atoms with Gasteiger partial charge in [-0.05, 0) is 48.2 Å². The van der Waals surface area contributed by atoms with Crippen LogP contribution in [0.3, 0.4) is 0 Å². The third-order valence-corrected chi connectivity index (χ3v) is 6.41. The first-order chi connectivity index (χ1) is 14.6. The van der Waals surface area contributed by atoms with Crippen LogP contribution in [-0.2, 0) is 17.7 Å². The zero-order chi connectivity index (χ0) is 20.8. The summed E-state index contributed by atoms with van der Waals surface area (Å²) >= 11 is 0. The minimum atomic E-state index is -1.20. The van der Waals surface area contributed by atoms with Crippen molar-refractivity contribution >= 4 is 29.3 Å². The molecule has 1 saturated heterocycles. The molecule has 5 rings (SSSR count). The summed E-state index contributed by atoms with van der Waals surface area (Å²) in [5, 5.41) is 10.4. The van der Waals surface area contributed by atoms with Crippen LogP contribution in [0.5, 0.6) is 0 Å². The lowest BCUT2D eigenvalue weighted by atomic mass is 10.0. The Hall–Kier alpha value is -2.61. The van der Waals surface area contributed by atoms with Crippen molar-refractivity contribution in [3.8, 4) is 11.3 Å². The number of aromatic nitrogens is 2. The van der Waals surface area contributed by atoms with Gasteiger partial charge in [0.15, 0.2) is 0 Å². The van der Waals surface area contributed by atoms with Crippen LogP contribution in [0, 0.1) is 0 Å². The predicted octanol–water partition coefficient (Wildman–Crippen LogP) is 3.46. The van der Waals surface area contributed by atoms with Gasteiger partial charge in [-0.15, -0.1) is 12.4 Å². The standard InChI is InChI=1S/C23H25N3O4.ClH/c1-2-14-12-17(23(28)29)22(27)24-21(14)15-3-4-18-16(11-15)13-20-19(5-6-26(18)20)25-7-9-30-10-8-25;/h3-4,11-13,19H,2,5-10H2,1H3,(H,24,27)(H,28,29);1H. The fourth-order valence-corrected chi connectivity index (χ4v) is 4.90. The molecule has 2 aromatic heterocycles. The van der Waals surface area contributed by atoms with Crippen molar-refractivity contribution in [3.63, 3.8) is 0 Å². The topological polar surface area (TPSA) is 87.6 Å². The Morgan fingerprint density at radius 2 is 1.97 bits per heavy atom. The largest absolute Gasteiger partial charge is 0.477 e. The summed E-state index contributed by atoms with van der Waals surface area (Å²) in [5.74, 6) is -1.20. The molecule has 2 N–H and O–H groups in total. The molecule has 1 unspecified atom stereocenters. The fourth-order valence-electron chi connectivity index (χ4n) is 4.90. The highest BCUT2D eigenvalue weighted by atomic mass is 35.5. The minimum absolute atomic E-state index is 0. The van der Waals surface area contributed by atoms with E-state index >= 15 is 0 Å². The number of halogens is 1. The van der Waals surface area contributed by atoms with Crippen LogP contribution in [0.15, 0.2) is 35.1 Å². The minimum Gasteiger partial charge on any atom is -0.477 e. The molecule has 0 saturated carbocycles. The average Bonchev–Trinajstić information content (AvgIpc) is 3.32. The maximum Gasteiger partial charge on any atom is 0.341 e. The number of H-pyrrole nitrogens is 1. The molecule has 4 heterocycles. The van der Waals surface area contributed by atoms with Gasteiger partial charge < -0.3 is 19.4 Å². The molecule has 164 valence electrons. The van der Waals surface area contributed by atoms with E-state index in [9.17, 15) is 14.7 Å². The van der Waals surface area contributed by atoms with E-state index in [0.717, 1.165) is 55.8 Å². The van der Waals surface area contributed by atoms with Gasteiger partial charge in [0.05, 0.1) is 24.9 Å². The maximum absolute atomic E-state index is 12.3. The van der Waals surface area contributed by atoms with Crippen molar-refractivity contribution in [2.24, 2.45) is 0 Å². The first kappa shape index (κ1) is 21.6. The number of aromatic carboxylic acids is 1. The number of fused-ring (bicyclic) bond motifs is 3. The number of aryl methyl sites for hydroxylation is 2. The molecule has 3 aromatic rings. The third-order valence-electron chi connectivity index (χ3n) is 6.41. The van der Waals surface area contributed by atoms with Crippen LogP contribution >= 0.6 is 12.4 Å². The van der Waals surface area contributed by atoms with E-state index in [2.05, 4.69) is 32.7 Å². The van der Waals surface area contributed by atoms with Crippen LogP contribution in [0.1, 0.15) is 41.0 Å². The van der Waals surface area contributed by atoms with Gasteiger partial charge in [0.25, 0.3) is 5.56 Å². The first-order valence-electron chi connectivity index (χ1n) is 10.5. The number of nitrogens with one attached hydrogen (secondary N) is 1. The monoisotopic (exact) mass is 443 g/mol. The number of benzene rings is 1. The van der Waals surface area contributed by atoms with Crippen molar-refractivity contribution in [2.45, 2.75) is 32.4 Å². The second-order valence-electron chi connectivity index (χ2n) is 8.02. The molecular weight excluding hydrogens is 418 g/mol. The summed E-state index contributed by atoms with van der Waals surface area (Å²) in [4.78, 5) is 28.9. The Morgan fingerprint density at radius 1 is 1.19 bits per heavy atom. The molecule has 0 radical (unpaired) electrons. The maximum atomic E-state index is 12.3. The number of carbonyl (C=O) groups is 1. The number of hydrogen-bond donors (Lipinski definition) is 2. The van der Waals surface area contributed by atoms with Crippen molar-refractivity contribution in [1.82, 2.24) is 14.5 Å². The molecule has 1 atom stereocenters. The van der Waals surface area contributed by atoms with Gasteiger partial charge in [-0.3, -0.25) is 9.69 Å². The van der Waals surface area contributed by atoms with Crippen molar-refractivity contribution in [1.29, 1.82) is 0 Å². The van der Waals surface area contributed by atoms with E-state index in [1.807, 2.05) is 13.0 Å². The molecule has 0 bridgehead atoms. The number of morpholine rings is 1. The Bertz CT molecular complexity index is 1190. The van der Waals surface area contributed by atoms with Crippen LogP contribution < -0.4 is 5.56 Å². The van der Waals surface area contributed by atoms with E-state index in [4.69, 9.17) is 4.74 Å². The average molecular weight is 444 g/mol. The highest BCUT2D eigenvalue weighted by molar-refractivity contribution is 5.89. The lowest BCUT2D eigenvalue weighted by Gasteiger charge is -2.31. The number of pyridine rings is 1. The van der Waals surface area contributed by atoms with E-state index in [1.165, 1.54) is 17.3 Å². The summed E-state index contributed by atoms with van der Waals surface area (Å²) in [6.07, 6.45) is 1.76. The van der Waals surface area contributed by atoms with Gasteiger partial charge in [-0.2, -0.15) is 0 Å². The molecule has 0 amide bonds. The Morgan fingerprint density at radius 3 is 2.68 bits per heavy atom. The number of ether oxygens (including phenoxy) is 1. The summed E-state index contributed by atoms with van der Waals surface area (Å²) < 4.78 is 7.91. The summed E-state index contributed by atoms with van der Waals surface area (Å²) in [6, 6.07) is 10.4. The second kappa shape index (κ2) is 8.49. The Kier molecular flexibility index (Phi) is 5.92. The fraction of sp³-hybridized carbons (Fsp3) is 0.391. The molecule has 8 heteroatoms. The molecule has 1 fully saturated rings. The Labute approximate surface area is 186 Å². The number of rotatable bonds is 4. The summed E-state index contributed by atoms with van der Waals surface area (Å²) in [6.45, 7) is 6.48. The number of aromatic amines is 1. The van der Waals surface area contributed by atoms with Crippen LogP contribution in [0.25, 0.3) is 22.2 Å². The molecule has 0 spiro atoms. The van der Waals surface area contributed by atoms with Gasteiger partial charge in [0, 0.05) is 36.2 Å². The van der Waals surface area contributed by atoms with Crippen molar-refractivity contribution in [2.75, 3.05) is 26.3 Å². The van der Waals surface area contributed by atoms with Crippen molar-refractivity contribution < 1.29 is 14.6 Å².